The highest BCUT2D eigenvalue weighted by Gasteiger charge is 1.97. The predicted octanol–water partition coefficient (Wildman–Crippen LogP) is 1.46. The highest BCUT2D eigenvalue weighted by Crippen LogP contribution is 2.07. The van der Waals surface area contributed by atoms with Crippen molar-refractivity contribution in [1.82, 2.24) is 10.3 Å². The summed E-state index contributed by atoms with van der Waals surface area (Å²) in [5, 5.41) is 17.7. The maximum atomic E-state index is 8.33. The maximum absolute atomic E-state index is 8.33. The molecule has 0 fully saturated rings. The van der Waals surface area contributed by atoms with Gasteiger partial charge < -0.3 is 16.3 Å². The van der Waals surface area contributed by atoms with Crippen LogP contribution in [0, 0.1) is 6.92 Å². The van der Waals surface area contributed by atoms with E-state index in [1.807, 2.05) is 6.92 Å². The van der Waals surface area contributed by atoms with Crippen LogP contribution in [0.3, 0.4) is 0 Å². The van der Waals surface area contributed by atoms with E-state index in [-0.39, 0.29) is 0 Å². The molecule has 0 radical (unpaired) electrons. The number of unbranched alkanes of at least 4 members (excludes halogenated alkanes) is 1. The Bertz CT molecular complexity index is 337. The second kappa shape index (κ2) is 7.19. The zero-order valence-electron chi connectivity index (χ0n) is 9.44. The van der Waals surface area contributed by atoms with Crippen molar-refractivity contribution in [3.63, 3.8) is 0 Å². The number of hydrogen-bond donors (Lipinski definition) is 3. The molecule has 6 heteroatoms. The molecule has 0 unspecified atom stereocenters. The van der Waals surface area contributed by atoms with Crippen LogP contribution in [0.25, 0.3) is 0 Å². The molecule has 16 heavy (non-hydrogen) atoms. The van der Waals surface area contributed by atoms with Gasteiger partial charge in [-0.3, -0.25) is 0 Å². The molecule has 1 rings (SSSR count). The van der Waals surface area contributed by atoms with Gasteiger partial charge in [0.05, 0.1) is 10.7 Å². The average molecular weight is 242 g/mol. The van der Waals surface area contributed by atoms with E-state index in [4.69, 9.17) is 10.9 Å². The van der Waals surface area contributed by atoms with Gasteiger partial charge >= 0.3 is 0 Å². The van der Waals surface area contributed by atoms with E-state index in [0.29, 0.717) is 12.3 Å². The minimum absolute atomic E-state index is 0.301. The average Bonchev–Trinajstić information content (AvgIpc) is 2.69. The van der Waals surface area contributed by atoms with Crippen LogP contribution in [0.2, 0.25) is 0 Å². The van der Waals surface area contributed by atoms with E-state index in [9.17, 15) is 0 Å². The lowest BCUT2D eigenvalue weighted by Gasteiger charge is -2.02. The lowest BCUT2D eigenvalue weighted by molar-refractivity contribution is 0.316. The van der Waals surface area contributed by atoms with Crippen LogP contribution in [0.5, 0.6) is 0 Å². The molecule has 1 heterocycles. The number of thiazole rings is 1. The summed E-state index contributed by atoms with van der Waals surface area (Å²) < 4.78 is 0. The molecule has 0 aliphatic rings. The summed E-state index contributed by atoms with van der Waals surface area (Å²) in [6.07, 6.45) is 2.59. The highest BCUT2D eigenvalue weighted by atomic mass is 32.1. The number of aromatic nitrogens is 1. The van der Waals surface area contributed by atoms with Crippen LogP contribution in [0.15, 0.2) is 10.5 Å². The highest BCUT2D eigenvalue weighted by molar-refractivity contribution is 7.09. The van der Waals surface area contributed by atoms with Crippen LogP contribution in [-0.2, 0) is 6.54 Å². The molecule has 0 aromatic carbocycles. The fourth-order valence-corrected chi connectivity index (χ4v) is 1.92. The van der Waals surface area contributed by atoms with Crippen molar-refractivity contribution >= 4 is 17.2 Å². The van der Waals surface area contributed by atoms with E-state index < -0.39 is 0 Å². The molecule has 0 saturated carbocycles. The molecule has 5 nitrogen and oxygen atoms in total. The predicted molar refractivity (Wildman–Crippen MR) is 65.8 cm³/mol. The van der Waals surface area contributed by atoms with Crippen LogP contribution in [0.4, 0.5) is 0 Å². The summed E-state index contributed by atoms with van der Waals surface area (Å²) in [4.78, 5) is 4.35. The molecule has 0 amide bonds. The van der Waals surface area contributed by atoms with E-state index in [1.165, 1.54) is 0 Å². The van der Waals surface area contributed by atoms with E-state index in [2.05, 4.69) is 20.8 Å². The number of oxime groups is 1. The molecule has 0 atom stereocenters. The Hall–Kier alpha value is -1.14. The molecule has 0 spiro atoms. The van der Waals surface area contributed by atoms with Gasteiger partial charge in [-0.2, -0.15) is 0 Å². The number of rotatable bonds is 7. The van der Waals surface area contributed by atoms with Gasteiger partial charge in [0.1, 0.15) is 5.84 Å². The Balaban J connectivity index is 2.00. The number of nitrogens with two attached hydrogens (primary N) is 1. The summed E-state index contributed by atoms with van der Waals surface area (Å²) in [5.41, 5.74) is 6.45. The minimum Gasteiger partial charge on any atom is -0.409 e. The molecular formula is C10H18N4OS. The summed E-state index contributed by atoms with van der Waals surface area (Å²) in [5.74, 6) is 0.301. The van der Waals surface area contributed by atoms with Crippen molar-refractivity contribution in [2.75, 3.05) is 6.54 Å². The number of amidine groups is 1. The molecule has 0 saturated heterocycles. The van der Waals surface area contributed by atoms with Crippen LogP contribution in [-0.4, -0.2) is 22.6 Å². The minimum atomic E-state index is 0.301. The first-order chi connectivity index (χ1) is 7.72. The van der Waals surface area contributed by atoms with Gasteiger partial charge in [0, 0.05) is 18.3 Å². The summed E-state index contributed by atoms with van der Waals surface area (Å²) >= 11 is 1.67. The lowest BCUT2D eigenvalue weighted by atomic mass is 10.2. The Morgan fingerprint density at radius 2 is 2.44 bits per heavy atom. The fourth-order valence-electron chi connectivity index (χ4n) is 1.31. The smallest absolute Gasteiger partial charge is 0.139 e. The summed E-state index contributed by atoms with van der Waals surface area (Å²) in [6.45, 7) is 3.74. The van der Waals surface area contributed by atoms with Crippen molar-refractivity contribution in [3.8, 4) is 0 Å². The van der Waals surface area contributed by atoms with Gasteiger partial charge in [0.15, 0.2) is 0 Å². The van der Waals surface area contributed by atoms with Crippen molar-refractivity contribution in [3.05, 3.63) is 16.1 Å². The molecule has 90 valence electrons. The van der Waals surface area contributed by atoms with Gasteiger partial charge in [-0.15, -0.1) is 11.3 Å². The van der Waals surface area contributed by atoms with Crippen molar-refractivity contribution in [1.29, 1.82) is 0 Å². The monoisotopic (exact) mass is 242 g/mol. The quantitative estimate of drug-likeness (QED) is 0.222. The first-order valence-electron chi connectivity index (χ1n) is 5.30. The van der Waals surface area contributed by atoms with E-state index >= 15 is 0 Å². The van der Waals surface area contributed by atoms with E-state index in [0.717, 1.165) is 36.6 Å². The second-order valence-corrected chi connectivity index (χ2v) is 4.65. The zero-order valence-corrected chi connectivity index (χ0v) is 10.3. The summed E-state index contributed by atoms with van der Waals surface area (Å²) in [7, 11) is 0. The third-order valence-corrected chi connectivity index (χ3v) is 2.96. The number of nitrogens with one attached hydrogen (secondary N) is 1. The third-order valence-electron chi connectivity index (χ3n) is 2.14. The Kier molecular flexibility index (Phi) is 5.81. The Labute approximate surface area is 99.4 Å². The number of nitrogens with zero attached hydrogens (tertiary/aromatic N) is 2. The Morgan fingerprint density at radius 3 is 3.06 bits per heavy atom. The van der Waals surface area contributed by atoms with Gasteiger partial charge in [-0.05, 0) is 26.3 Å². The standard InChI is InChI=1S/C10H18N4OS/c1-8-13-9(7-16-8)6-12-5-3-2-4-10(11)14-15/h7,12,15H,2-6H2,1H3,(H2,11,14). The van der Waals surface area contributed by atoms with Crippen LogP contribution >= 0.6 is 11.3 Å². The molecule has 0 aliphatic heterocycles. The SMILES string of the molecule is Cc1nc(CNCCCCC(N)=NO)cs1. The van der Waals surface area contributed by atoms with Crippen molar-refractivity contribution in [2.24, 2.45) is 10.9 Å². The number of aryl methyl sites for hydroxylation is 1. The van der Waals surface area contributed by atoms with Gasteiger partial charge in [-0.25, -0.2) is 4.98 Å². The maximum Gasteiger partial charge on any atom is 0.139 e. The summed E-state index contributed by atoms with van der Waals surface area (Å²) in [6, 6.07) is 0. The fraction of sp³-hybridized carbons (Fsp3) is 0.600. The zero-order chi connectivity index (χ0) is 11.8. The Morgan fingerprint density at radius 1 is 1.62 bits per heavy atom. The second-order valence-electron chi connectivity index (χ2n) is 3.58. The van der Waals surface area contributed by atoms with E-state index in [1.54, 1.807) is 11.3 Å². The molecule has 1 aromatic rings. The first kappa shape index (κ1) is 12.9. The number of hydrogen-bond acceptors (Lipinski definition) is 5. The van der Waals surface area contributed by atoms with Crippen molar-refractivity contribution < 1.29 is 5.21 Å². The van der Waals surface area contributed by atoms with Crippen LogP contribution < -0.4 is 11.1 Å². The first-order valence-corrected chi connectivity index (χ1v) is 6.18. The lowest BCUT2D eigenvalue weighted by Crippen LogP contribution is -2.16. The molecule has 4 N–H and O–H groups in total. The normalized spacial score (nSPS) is 11.9. The molecular weight excluding hydrogens is 224 g/mol. The van der Waals surface area contributed by atoms with Crippen molar-refractivity contribution in [2.45, 2.75) is 32.7 Å². The molecule has 0 bridgehead atoms. The molecule has 0 aliphatic carbocycles. The van der Waals surface area contributed by atoms with Crippen LogP contribution in [0.1, 0.15) is 30.0 Å². The van der Waals surface area contributed by atoms with Gasteiger partial charge in [-0.1, -0.05) is 5.16 Å². The topological polar surface area (TPSA) is 83.5 Å². The van der Waals surface area contributed by atoms with Gasteiger partial charge in [0.25, 0.3) is 0 Å². The van der Waals surface area contributed by atoms with Gasteiger partial charge in [0.2, 0.25) is 0 Å². The third kappa shape index (κ3) is 5.09. The molecule has 1 aromatic heterocycles. The largest absolute Gasteiger partial charge is 0.409 e.